The molecule has 0 unspecified atom stereocenters. The molecule has 30 heavy (non-hydrogen) atoms. The summed E-state index contributed by atoms with van der Waals surface area (Å²) in [6.45, 7) is -0.636. The summed E-state index contributed by atoms with van der Waals surface area (Å²) in [5.41, 5.74) is 2.04. The summed E-state index contributed by atoms with van der Waals surface area (Å²) in [5, 5.41) is 12.9. The highest BCUT2D eigenvalue weighted by molar-refractivity contribution is 5.93. The maximum Gasteiger partial charge on any atom is 0.310 e. The van der Waals surface area contributed by atoms with Gasteiger partial charge >= 0.3 is 5.97 Å². The van der Waals surface area contributed by atoms with E-state index >= 15 is 0 Å². The molecule has 0 aliphatic heterocycles. The number of halogens is 1. The standard InChI is InChI=1S/C22H17FN2O5/c23-19-11-10-18(25(28)29)13-20(19)24-21(26)14-30-22(27)12-15-6-8-17(9-7-15)16-4-2-1-3-5-16/h1-11,13H,12,14H2,(H,24,26). The SMILES string of the molecule is O=C(COC(=O)Cc1ccc(-c2ccccc2)cc1)Nc1cc([N+](=O)[O-])ccc1F. The molecule has 0 bridgehead atoms. The van der Waals surface area contributed by atoms with Crippen molar-refractivity contribution < 1.29 is 23.6 Å². The van der Waals surface area contributed by atoms with Crippen LogP contribution in [0.5, 0.6) is 0 Å². The van der Waals surface area contributed by atoms with Crippen molar-refractivity contribution in [3.8, 4) is 11.1 Å². The Kier molecular flexibility index (Phi) is 6.49. The monoisotopic (exact) mass is 408 g/mol. The molecule has 7 nitrogen and oxygen atoms in total. The normalized spacial score (nSPS) is 10.3. The van der Waals surface area contributed by atoms with Gasteiger partial charge in [0.15, 0.2) is 6.61 Å². The highest BCUT2D eigenvalue weighted by atomic mass is 19.1. The van der Waals surface area contributed by atoms with Crippen LogP contribution in [0.1, 0.15) is 5.56 Å². The molecule has 3 rings (SSSR count). The molecule has 8 heteroatoms. The minimum absolute atomic E-state index is 0.0342. The van der Waals surface area contributed by atoms with Gasteiger partial charge in [-0.15, -0.1) is 0 Å². The van der Waals surface area contributed by atoms with Crippen molar-refractivity contribution >= 4 is 23.3 Å². The first-order valence-corrected chi connectivity index (χ1v) is 8.96. The van der Waals surface area contributed by atoms with Gasteiger partial charge in [-0.2, -0.15) is 0 Å². The molecular weight excluding hydrogens is 391 g/mol. The van der Waals surface area contributed by atoms with Gasteiger partial charge in [0, 0.05) is 12.1 Å². The molecule has 0 saturated heterocycles. The summed E-state index contributed by atoms with van der Waals surface area (Å²) in [7, 11) is 0. The number of carbonyl (C=O) groups excluding carboxylic acids is 2. The van der Waals surface area contributed by atoms with Crippen LogP contribution in [0.3, 0.4) is 0 Å². The molecule has 1 N–H and O–H groups in total. The molecule has 0 radical (unpaired) electrons. The Morgan fingerprint density at radius 3 is 2.30 bits per heavy atom. The Balaban J connectivity index is 1.51. The third-order valence-electron chi connectivity index (χ3n) is 4.21. The van der Waals surface area contributed by atoms with E-state index in [4.69, 9.17) is 4.74 Å². The van der Waals surface area contributed by atoms with Gasteiger partial charge in [-0.25, -0.2) is 4.39 Å². The number of rotatable bonds is 7. The lowest BCUT2D eigenvalue weighted by Crippen LogP contribution is -2.22. The number of amides is 1. The van der Waals surface area contributed by atoms with Crippen LogP contribution in [0.15, 0.2) is 72.8 Å². The van der Waals surface area contributed by atoms with Crippen LogP contribution in [0, 0.1) is 15.9 Å². The van der Waals surface area contributed by atoms with Gasteiger partial charge in [0.2, 0.25) is 0 Å². The maximum absolute atomic E-state index is 13.7. The second-order valence-corrected chi connectivity index (χ2v) is 6.37. The fraction of sp³-hybridized carbons (Fsp3) is 0.0909. The van der Waals surface area contributed by atoms with Crippen molar-refractivity contribution in [3.63, 3.8) is 0 Å². The molecule has 0 heterocycles. The summed E-state index contributed by atoms with van der Waals surface area (Å²) >= 11 is 0. The second kappa shape index (κ2) is 9.42. The number of benzene rings is 3. The van der Waals surface area contributed by atoms with E-state index in [2.05, 4.69) is 5.32 Å². The number of nitro groups is 1. The smallest absolute Gasteiger partial charge is 0.310 e. The lowest BCUT2D eigenvalue weighted by Gasteiger charge is -2.08. The maximum atomic E-state index is 13.7. The average molecular weight is 408 g/mol. The van der Waals surface area contributed by atoms with Crippen molar-refractivity contribution in [2.24, 2.45) is 0 Å². The highest BCUT2D eigenvalue weighted by Gasteiger charge is 2.14. The number of hydrogen-bond donors (Lipinski definition) is 1. The van der Waals surface area contributed by atoms with E-state index in [-0.39, 0.29) is 17.8 Å². The lowest BCUT2D eigenvalue weighted by molar-refractivity contribution is -0.384. The lowest BCUT2D eigenvalue weighted by atomic mass is 10.0. The largest absolute Gasteiger partial charge is 0.455 e. The minimum atomic E-state index is -0.834. The van der Waals surface area contributed by atoms with Crippen molar-refractivity contribution in [2.75, 3.05) is 11.9 Å². The molecule has 152 valence electrons. The van der Waals surface area contributed by atoms with Crippen molar-refractivity contribution in [2.45, 2.75) is 6.42 Å². The zero-order valence-electron chi connectivity index (χ0n) is 15.7. The molecule has 0 aliphatic rings. The van der Waals surface area contributed by atoms with E-state index < -0.39 is 29.2 Å². The number of nitrogens with one attached hydrogen (secondary N) is 1. The van der Waals surface area contributed by atoms with Gasteiger partial charge < -0.3 is 10.1 Å². The summed E-state index contributed by atoms with van der Waals surface area (Å²) in [5.74, 6) is -2.27. The third-order valence-corrected chi connectivity index (χ3v) is 4.21. The molecule has 0 fully saturated rings. The number of esters is 1. The van der Waals surface area contributed by atoms with Crippen LogP contribution < -0.4 is 5.32 Å². The number of carbonyl (C=O) groups is 2. The number of hydrogen-bond acceptors (Lipinski definition) is 5. The molecule has 0 aliphatic carbocycles. The molecular formula is C22H17FN2O5. The van der Waals surface area contributed by atoms with Crippen molar-refractivity contribution in [1.82, 2.24) is 0 Å². The van der Waals surface area contributed by atoms with Crippen LogP contribution in [0.2, 0.25) is 0 Å². The zero-order valence-corrected chi connectivity index (χ0v) is 15.7. The number of ether oxygens (including phenoxy) is 1. The van der Waals surface area contributed by atoms with Gasteiger partial charge in [-0.05, 0) is 22.8 Å². The number of non-ortho nitro benzene ring substituents is 1. The van der Waals surface area contributed by atoms with E-state index in [1.54, 1.807) is 12.1 Å². The Labute approximate surface area is 171 Å². The quantitative estimate of drug-likeness (QED) is 0.360. The van der Waals surface area contributed by atoms with Gasteiger partial charge in [0.05, 0.1) is 17.0 Å². The predicted octanol–water partition coefficient (Wildman–Crippen LogP) is 4.13. The zero-order chi connectivity index (χ0) is 21.5. The first-order chi connectivity index (χ1) is 14.4. The average Bonchev–Trinajstić information content (AvgIpc) is 2.75. The third kappa shape index (κ3) is 5.48. The summed E-state index contributed by atoms with van der Waals surface area (Å²) < 4.78 is 18.6. The van der Waals surface area contributed by atoms with E-state index in [1.807, 2.05) is 42.5 Å². The Morgan fingerprint density at radius 2 is 1.63 bits per heavy atom. The minimum Gasteiger partial charge on any atom is -0.455 e. The fourth-order valence-corrected chi connectivity index (χ4v) is 2.72. The van der Waals surface area contributed by atoms with Crippen molar-refractivity contribution in [3.05, 3.63) is 94.3 Å². The molecule has 3 aromatic carbocycles. The van der Waals surface area contributed by atoms with E-state index in [0.717, 1.165) is 29.3 Å². The Bertz CT molecular complexity index is 1070. The molecule has 3 aromatic rings. The Morgan fingerprint density at radius 1 is 0.967 bits per heavy atom. The molecule has 1 amide bonds. The van der Waals surface area contributed by atoms with Gasteiger partial charge in [-0.1, -0.05) is 54.6 Å². The van der Waals surface area contributed by atoms with E-state index in [9.17, 15) is 24.1 Å². The first kappa shape index (κ1) is 20.7. The molecule has 0 atom stereocenters. The van der Waals surface area contributed by atoms with E-state index in [0.29, 0.717) is 5.56 Å². The van der Waals surface area contributed by atoms with Gasteiger partial charge in [0.1, 0.15) is 5.82 Å². The van der Waals surface area contributed by atoms with Crippen LogP contribution >= 0.6 is 0 Å². The van der Waals surface area contributed by atoms with Crippen LogP contribution in [-0.2, 0) is 20.7 Å². The molecule has 0 aromatic heterocycles. The summed E-state index contributed by atoms with van der Waals surface area (Å²) in [6, 6.07) is 19.9. The molecule has 0 saturated carbocycles. The topological polar surface area (TPSA) is 98.5 Å². The van der Waals surface area contributed by atoms with E-state index in [1.165, 1.54) is 0 Å². The second-order valence-electron chi connectivity index (χ2n) is 6.37. The highest BCUT2D eigenvalue weighted by Crippen LogP contribution is 2.21. The van der Waals surface area contributed by atoms with Crippen molar-refractivity contribution in [1.29, 1.82) is 0 Å². The van der Waals surface area contributed by atoms with Crippen LogP contribution in [0.25, 0.3) is 11.1 Å². The van der Waals surface area contributed by atoms with Gasteiger partial charge in [0.25, 0.3) is 11.6 Å². The van der Waals surface area contributed by atoms with Gasteiger partial charge in [-0.3, -0.25) is 19.7 Å². The van der Waals surface area contributed by atoms with Crippen LogP contribution in [0.4, 0.5) is 15.8 Å². The summed E-state index contributed by atoms with van der Waals surface area (Å²) in [4.78, 5) is 33.9. The molecule has 0 spiro atoms. The summed E-state index contributed by atoms with van der Waals surface area (Å²) in [6.07, 6.45) is -0.0342. The fourth-order valence-electron chi connectivity index (χ4n) is 2.72. The number of nitrogens with zero attached hydrogens (tertiary/aromatic N) is 1. The number of anilines is 1. The number of nitro benzene ring substituents is 1. The predicted molar refractivity (Wildman–Crippen MR) is 108 cm³/mol. The Hall–Kier alpha value is -4.07. The first-order valence-electron chi connectivity index (χ1n) is 8.96. The van der Waals surface area contributed by atoms with Crippen LogP contribution in [-0.4, -0.2) is 23.4 Å².